The third-order valence-electron chi connectivity index (χ3n) is 4.69. The number of nitrogens with zero attached hydrogens (tertiary/aromatic N) is 6. The topological polar surface area (TPSA) is 99.2 Å². The number of nitro benzene ring substituents is 1. The highest BCUT2D eigenvalue weighted by atomic mass is 16.6. The molecular weight excluding hydrogens is 344 g/mol. The van der Waals surface area contributed by atoms with E-state index in [1.165, 1.54) is 12.1 Å². The number of hydrogen-bond acceptors (Lipinski definition) is 7. The van der Waals surface area contributed by atoms with Crippen LogP contribution in [-0.2, 0) is 0 Å². The number of piperazine rings is 1. The lowest BCUT2D eigenvalue weighted by molar-refractivity contribution is -0.384. The Hall–Kier alpha value is -3.73. The maximum absolute atomic E-state index is 10.8. The molecule has 134 valence electrons. The molecule has 1 fully saturated rings. The van der Waals surface area contributed by atoms with E-state index >= 15 is 0 Å². The molecule has 0 N–H and O–H groups in total. The maximum Gasteiger partial charge on any atom is 0.269 e. The van der Waals surface area contributed by atoms with Gasteiger partial charge in [0.2, 0.25) is 0 Å². The molecule has 0 spiro atoms. The van der Waals surface area contributed by atoms with E-state index in [0.29, 0.717) is 30.1 Å². The summed E-state index contributed by atoms with van der Waals surface area (Å²) in [5.41, 5.74) is 2.21. The van der Waals surface area contributed by atoms with Gasteiger partial charge in [0, 0.05) is 55.6 Å². The molecule has 2 aromatic heterocycles. The van der Waals surface area contributed by atoms with Crippen LogP contribution in [0.5, 0.6) is 0 Å². The predicted molar refractivity (Wildman–Crippen MR) is 102 cm³/mol. The number of anilines is 2. The van der Waals surface area contributed by atoms with Crippen LogP contribution in [0.25, 0.3) is 11.0 Å². The zero-order valence-corrected chi connectivity index (χ0v) is 14.4. The first-order valence-corrected chi connectivity index (χ1v) is 8.56. The summed E-state index contributed by atoms with van der Waals surface area (Å²) >= 11 is 0. The van der Waals surface area contributed by atoms with E-state index in [-0.39, 0.29) is 5.69 Å². The van der Waals surface area contributed by atoms with Crippen LogP contribution in [0, 0.1) is 21.4 Å². The lowest BCUT2D eigenvalue weighted by Gasteiger charge is -2.37. The van der Waals surface area contributed by atoms with Crippen molar-refractivity contribution in [3.8, 4) is 6.07 Å². The molecule has 1 aliphatic heterocycles. The van der Waals surface area contributed by atoms with Crippen molar-refractivity contribution in [2.45, 2.75) is 0 Å². The van der Waals surface area contributed by atoms with Crippen molar-refractivity contribution in [2.24, 2.45) is 0 Å². The fourth-order valence-electron chi connectivity index (χ4n) is 3.28. The zero-order chi connectivity index (χ0) is 18.8. The minimum atomic E-state index is -0.398. The zero-order valence-electron chi connectivity index (χ0n) is 14.4. The molecule has 0 atom stereocenters. The number of non-ortho nitro benzene ring substituents is 1. The number of fused-ring (bicyclic) bond motifs is 1. The highest BCUT2D eigenvalue weighted by Crippen LogP contribution is 2.25. The van der Waals surface area contributed by atoms with Crippen LogP contribution in [0.1, 0.15) is 5.56 Å². The van der Waals surface area contributed by atoms with Gasteiger partial charge in [-0.15, -0.1) is 0 Å². The van der Waals surface area contributed by atoms with E-state index in [4.69, 9.17) is 0 Å². The van der Waals surface area contributed by atoms with Crippen molar-refractivity contribution >= 4 is 28.2 Å². The number of hydrogen-bond donors (Lipinski definition) is 0. The van der Waals surface area contributed by atoms with Gasteiger partial charge >= 0.3 is 0 Å². The molecule has 0 unspecified atom stereocenters. The van der Waals surface area contributed by atoms with Gasteiger partial charge in [-0.1, -0.05) is 0 Å². The quantitative estimate of drug-likeness (QED) is 0.523. The average Bonchev–Trinajstić information content (AvgIpc) is 2.73. The van der Waals surface area contributed by atoms with Crippen LogP contribution in [0.2, 0.25) is 0 Å². The molecule has 3 aromatic rings. The largest absolute Gasteiger partial charge is 0.368 e. The number of benzene rings is 1. The second-order valence-electron chi connectivity index (χ2n) is 6.27. The summed E-state index contributed by atoms with van der Waals surface area (Å²) in [5, 5.41) is 21.1. The first kappa shape index (κ1) is 16.7. The number of pyridine rings is 2. The summed E-state index contributed by atoms with van der Waals surface area (Å²) in [4.78, 5) is 23.5. The van der Waals surface area contributed by atoms with E-state index < -0.39 is 4.92 Å². The fourth-order valence-corrected chi connectivity index (χ4v) is 3.28. The summed E-state index contributed by atoms with van der Waals surface area (Å²) in [6.07, 6.45) is 1.69. The molecule has 0 radical (unpaired) electrons. The van der Waals surface area contributed by atoms with Crippen LogP contribution in [-0.4, -0.2) is 41.1 Å². The molecule has 0 amide bonds. The lowest BCUT2D eigenvalue weighted by atomic mass is 10.1. The Morgan fingerprint density at radius 1 is 1.07 bits per heavy atom. The lowest BCUT2D eigenvalue weighted by Crippen LogP contribution is -2.47. The second-order valence-corrected chi connectivity index (χ2v) is 6.27. The molecule has 1 aliphatic rings. The van der Waals surface area contributed by atoms with Crippen LogP contribution >= 0.6 is 0 Å². The molecule has 8 heteroatoms. The number of rotatable bonds is 3. The fraction of sp³-hybridized carbons (Fsp3) is 0.211. The van der Waals surface area contributed by atoms with Crippen LogP contribution in [0.3, 0.4) is 0 Å². The van der Waals surface area contributed by atoms with Crippen molar-refractivity contribution in [3.05, 3.63) is 64.3 Å². The summed E-state index contributed by atoms with van der Waals surface area (Å²) < 4.78 is 0. The molecule has 1 saturated heterocycles. The molecular formula is C19H16N6O2. The van der Waals surface area contributed by atoms with Gasteiger partial charge in [0.1, 0.15) is 11.9 Å². The molecule has 4 rings (SSSR count). The Balaban J connectivity index is 1.53. The van der Waals surface area contributed by atoms with Crippen molar-refractivity contribution in [1.82, 2.24) is 9.97 Å². The minimum Gasteiger partial charge on any atom is -0.368 e. The van der Waals surface area contributed by atoms with E-state index in [1.807, 2.05) is 18.2 Å². The van der Waals surface area contributed by atoms with Gasteiger partial charge in [-0.2, -0.15) is 5.26 Å². The third-order valence-corrected chi connectivity index (χ3v) is 4.69. The first-order chi connectivity index (χ1) is 13.2. The Labute approximate surface area is 155 Å². The Bertz CT molecular complexity index is 1040. The third kappa shape index (κ3) is 3.22. The smallest absolute Gasteiger partial charge is 0.269 e. The van der Waals surface area contributed by atoms with E-state index in [9.17, 15) is 15.4 Å². The normalized spacial score (nSPS) is 14.2. The number of nitro groups is 1. The monoisotopic (exact) mass is 360 g/mol. The molecule has 0 saturated carbocycles. The predicted octanol–water partition coefficient (Wildman–Crippen LogP) is 2.74. The maximum atomic E-state index is 10.8. The van der Waals surface area contributed by atoms with Gasteiger partial charge in [-0.3, -0.25) is 10.1 Å². The van der Waals surface area contributed by atoms with Gasteiger partial charge < -0.3 is 9.80 Å². The van der Waals surface area contributed by atoms with E-state index in [1.54, 1.807) is 18.3 Å². The number of nitriles is 1. The van der Waals surface area contributed by atoms with Crippen molar-refractivity contribution in [1.29, 1.82) is 5.26 Å². The van der Waals surface area contributed by atoms with Crippen molar-refractivity contribution < 1.29 is 4.92 Å². The van der Waals surface area contributed by atoms with Gasteiger partial charge in [-0.05, 0) is 30.3 Å². The van der Waals surface area contributed by atoms with Gasteiger partial charge in [0.05, 0.1) is 10.5 Å². The molecule has 27 heavy (non-hydrogen) atoms. The van der Waals surface area contributed by atoms with E-state index in [2.05, 4.69) is 25.8 Å². The standard InChI is InChI=1S/C19H16N6O2/c20-13-15-12-14-2-1-7-21-18(14)22-19(15)24-10-8-23(9-11-24)16-3-5-17(6-4-16)25(26)27/h1-7,12H,8-11H2. The Kier molecular flexibility index (Phi) is 4.26. The van der Waals surface area contributed by atoms with Crippen LogP contribution in [0.15, 0.2) is 48.7 Å². The second kappa shape index (κ2) is 6.88. The van der Waals surface area contributed by atoms with Gasteiger partial charge in [0.25, 0.3) is 5.69 Å². The van der Waals surface area contributed by atoms with Crippen molar-refractivity contribution in [3.63, 3.8) is 0 Å². The average molecular weight is 360 g/mol. The molecule has 0 aliphatic carbocycles. The summed E-state index contributed by atoms with van der Waals surface area (Å²) in [7, 11) is 0. The van der Waals surface area contributed by atoms with E-state index in [0.717, 1.165) is 24.2 Å². The number of aromatic nitrogens is 2. The highest BCUT2D eigenvalue weighted by molar-refractivity contribution is 5.79. The summed E-state index contributed by atoms with van der Waals surface area (Å²) in [6, 6.07) is 14.4. The molecule has 8 nitrogen and oxygen atoms in total. The summed E-state index contributed by atoms with van der Waals surface area (Å²) in [6.45, 7) is 2.89. The van der Waals surface area contributed by atoms with Crippen LogP contribution < -0.4 is 9.80 Å². The highest BCUT2D eigenvalue weighted by Gasteiger charge is 2.22. The Morgan fingerprint density at radius 2 is 1.78 bits per heavy atom. The SMILES string of the molecule is N#Cc1cc2cccnc2nc1N1CCN(c2ccc([N+](=O)[O-])cc2)CC1. The van der Waals surface area contributed by atoms with Gasteiger partial charge in [-0.25, -0.2) is 9.97 Å². The van der Waals surface area contributed by atoms with Gasteiger partial charge in [0.15, 0.2) is 5.65 Å². The molecule has 1 aromatic carbocycles. The van der Waals surface area contributed by atoms with Crippen molar-refractivity contribution in [2.75, 3.05) is 36.0 Å². The Morgan fingerprint density at radius 3 is 2.44 bits per heavy atom. The summed E-state index contributed by atoms with van der Waals surface area (Å²) in [5.74, 6) is 0.659. The molecule has 3 heterocycles. The molecule has 0 bridgehead atoms. The minimum absolute atomic E-state index is 0.0870. The van der Waals surface area contributed by atoms with Crippen LogP contribution in [0.4, 0.5) is 17.2 Å². The first-order valence-electron chi connectivity index (χ1n) is 8.56.